The zero-order valence-corrected chi connectivity index (χ0v) is 17.3. The summed E-state index contributed by atoms with van der Waals surface area (Å²) >= 11 is 0. The number of hydrogen-bond donors (Lipinski definition) is 0. The highest BCUT2D eigenvalue weighted by atomic mass is 32.2. The summed E-state index contributed by atoms with van der Waals surface area (Å²) in [6, 6.07) is 31.1. The summed E-state index contributed by atoms with van der Waals surface area (Å²) in [5.41, 5.74) is 1.52. The Kier molecular flexibility index (Phi) is 8.04. The Morgan fingerprint density at radius 3 is 1.70 bits per heavy atom. The van der Waals surface area contributed by atoms with E-state index in [9.17, 15) is 0 Å². The zero-order chi connectivity index (χ0) is 18.7. The monoisotopic (exact) mass is 375 g/mol. The summed E-state index contributed by atoms with van der Waals surface area (Å²) in [5.74, 6) is 0. The third-order valence-corrected chi connectivity index (χ3v) is 7.28. The van der Waals surface area contributed by atoms with Crippen molar-refractivity contribution in [3.05, 3.63) is 90.5 Å². The lowest BCUT2D eigenvalue weighted by molar-refractivity contribution is 0.606. The Morgan fingerprint density at radius 1 is 0.556 bits per heavy atom. The molecule has 0 aromatic heterocycles. The first-order valence-corrected chi connectivity index (χ1v) is 11.5. The molecule has 3 rings (SSSR count). The quantitative estimate of drug-likeness (QED) is 0.252. The summed E-state index contributed by atoms with van der Waals surface area (Å²) in [6.45, 7) is 2.28. The maximum Gasteiger partial charge on any atom is 0.169 e. The molecule has 0 heterocycles. The van der Waals surface area contributed by atoms with Crippen molar-refractivity contribution in [2.75, 3.05) is 0 Å². The van der Waals surface area contributed by atoms with Crippen LogP contribution in [0.25, 0.3) is 0 Å². The third kappa shape index (κ3) is 5.74. The van der Waals surface area contributed by atoms with Crippen LogP contribution < -0.4 is 0 Å². The highest BCUT2D eigenvalue weighted by molar-refractivity contribution is 7.97. The highest BCUT2D eigenvalue weighted by Gasteiger charge is 2.30. The van der Waals surface area contributed by atoms with Gasteiger partial charge in [0.1, 0.15) is 0 Å². The molecule has 3 aromatic carbocycles. The lowest BCUT2D eigenvalue weighted by Crippen LogP contribution is -2.08. The van der Waals surface area contributed by atoms with Crippen LogP contribution in [-0.2, 0) is 17.3 Å². The molecule has 140 valence electrons. The average Bonchev–Trinajstić information content (AvgIpc) is 2.73. The van der Waals surface area contributed by atoms with Crippen molar-refractivity contribution in [2.24, 2.45) is 0 Å². The summed E-state index contributed by atoms with van der Waals surface area (Å²) in [7, 11) is -0.0364. The third-order valence-electron chi connectivity index (χ3n) is 4.95. The molecule has 0 bridgehead atoms. The molecule has 0 saturated carbocycles. The molecule has 27 heavy (non-hydrogen) atoms. The van der Waals surface area contributed by atoms with Crippen LogP contribution >= 0.6 is 0 Å². The molecule has 0 aliphatic heterocycles. The second kappa shape index (κ2) is 11.0. The number of hydrogen-bond acceptors (Lipinski definition) is 0. The van der Waals surface area contributed by atoms with E-state index in [1.54, 1.807) is 0 Å². The van der Waals surface area contributed by atoms with Crippen LogP contribution in [0, 0.1) is 0 Å². The van der Waals surface area contributed by atoms with Gasteiger partial charge < -0.3 is 0 Å². The molecule has 0 aliphatic carbocycles. The molecule has 0 aliphatic rings. The predicted octanol–water partition coefficient (Wildman–Crippen LogP) is 7.69. The van der Waals surface area contributed by atoms with Gasteiger partial charge in [-0.1, -0.05) is 93.6 Å². The van der Waals surface area contributed by atoms with Crippen molar-refractivity contribution in [1.82, 2.24) is 0 Å². The predicted molar refractivity (Wildman–Crippen MR) is 119 cm³/mol. The number of rotatable bonds is 10. The van der Waals surface area contributed by atoms with Gasteiger partial charge in [-0.3, -0.25) is 0 Å². The van der Waals surface area contributed by atoms with E-state index < -0.39 is 0 Å². The highest BCUT2D eigenvalue weighted by Crippen LogP contribution is 2.33. The van der Waals surface area contributed by atoms with Gasteiger partial charge in [0.05, 0.1) is 10.9 Å². The topological polar surface area (TPSA) is 0 Å². The molecule has 0 saturated heterocycles. The van der Waals surface area contributed by atoms with Gasteiger partial charge in [0.25, 0.3) is 0 Å². The van der Waals surface area contributed by atoms with Gasteiger partial charge in [-0.2, -0.15) is 0 Å². The second-order valence-electron chi connectivity index (χ2n) is 7.06. The molecule has 3 aromatic rings. The van der Waals surface area contributed by atoms with E-state index in [0.29, 0.717) is 0 Å². The van der Waals surface area contributed by atoms with Crippen molar-refractivity contribution in [1.29, 1.82) is 0 Å². The molecule has 0 atom stereocenters. The fourth-order valence-electron chi connectivity index (χ4n) is 3.51. The van der Waals surface area contributed by atoms with Gasteiger partial charge in [-0.25, -0.2) is 0 Å². The van der Waals surface area contributed by atoms with E-state index in [4.69, 9.17) is 0 Å². The molecule has 1 heteroatoms. The fourth-order valence-corrected chi connectivity index (χ4v) is 5.79. The number of unbranched alkanes of at least 4 members (excludes halogenated alkanes) is 5. The van der Waals surface area contributed by atoms with E-state index in [1.807, 2.05) is 0 Å². The van der Waals surface area contributed by atoms with Crippen LogP contribution in [0.3, 0.4) is 0 Å². The first-order chi connectivity index (χ1) is 13.4. The van der Waals surface area contributed by atoms with E-state index in [0.717, 1.165) is 0 Å². The van der Waals surface area contributed by atoms with Crippen molar-refractivity contribution in [3.8, 4) is 0 Å². The first-order valence-electron chi connectivity index (χ1n) is 10.3. The zero-order valence-electron chi connectivity index (χ0n) is 16.4. The van der Waals surface area contributed by atoms with Crippen molar-refractivity contribution in [2.45, 2.75) is 66.6 Å². The number of benzene rings is 3. The molecule has 0 N–H and O–H groups in total. The molecule has 0 unspecified atom stereocenters. The minimum Gasteiger partial charge on any atom is -0.0654 e. The molecule has 0 fully saturated rings. The lowest BCUT2D eigenvalue weighted by Gasteiger charge is -2.12. The standard InChI is InChI=1S/C26H31S/c1-2-3-4-5-6-9-16-23-17-14-15-22-26(23)27(24-18-10-7-11-19-24)25-20-12-8-13-21-25/h7-8,10-15,17-22H,2-6,9,16H2,1H3/q+1. The summed E-state index contributed by atoms with van der Waals surface area (Å²) in [4.78, 5) is 4.29. The molecule has 0 amide bonds. The smallest absolute Gasteiger partial charge is 0.0654 e. The van der Waals surface area contributed by atoms with Crippen LogP contribution in [0.4, 0.5) is 0 Å². The summed E-state index contributed by atoms with van der Waals surface area (Å²) in [5, 5.41) is 0. The molecular weight excluding hydrogens is 344 g/mol. The minimum absolute atomic E-state index is 0.0364. The Balaban J connectivity index is 1.83. The van der Waals surface area contributed by atoms with Crippen molar-refractivity contribution >= 4 is 10.9 Å². The van der Waals surface area contributed by atoms with Crippen LogP contribution in [-0.4, -0.2) is 0 Å². The molecule has 0 nitrogen and oxygen atoms in total. The van der Waals surface area contributed by atoms with E-state index in [-0.39, 0.29) is 10.9 Å². The van der Waals surface area contributed by atoms with Gasteiger partial charge in [0, 0.05) is 5.56 Å². The van der Waals surface area contributed by atoms with Gasteiger partial charge in [0.2, 0.25) is 0 Å². The Bertz CT molecular complexity index is 740. The largest absolute Gasteiger partial charge is 0.169 e. The normalized spacial score (nSPS) is 11.0. The molecule has 0 radical (unpaired) electrons. The van der Waals surface area contributed by atoms with Gasteiger partial charge in [-0.15, -0.1) is 0 Å². The Morgan fingerprint density at radius 2 is 1.07 bits per heavy atom. The van der Waals surface area contributed by atoms with E-state index >= 15 is 0 Å². The fraction of sp³-hybridized carbons (Fsp3) is 0.308. The maximum absolute atomic E-state index is 2.34. The minimum atomic E-state index is -0.0364. The molecular formula is C26H31S+. The lowest BCUT2D eigenvalue weighted by atomic mass is 10.1. The average molecular weight is 376 g/mol. The van der Waals surface area contributed by atoms with Gasteiger partial charge in [-0.05, 0) is 43.2 Å². The number of aryl methyl sites for hydroxylation is 1. The van der Waals surface area contributed by atoms with E-state index in [2.05, 4.69) is 91.9 Å². The van der Waals surface area contributed by atoms with Crippen molar-refractivity contribution < 1.29 is 0 Å². The maximum atomic E-state index is 2.34. The second-order valence-corrected chi connectivity index (χ2v) is 9.05. The Labute approximate surface area is 168 Å². The first kappa shape index (κ1) is 19.8. The summed E-state index contributed by atoms with van der Waals surface area (Å²) < 4.78 is 0. The molecule has 0 spiro atoms. The SMILES string of the molecule is CCCCCCCCc1ccccc1[S+](c1ccccc1)c1ccccc1. The Hall–Kier alpha value is -1.99. The van der Waals surface area contributed by atoms with Crippen LogP contribution in [0.1, 0.15) is 51.0 Å². The summed E-state index contributed by atoms with van der Waals surface area (Å²) in [6.07, 6.45) is 9.28. The van der Waals surface area contributed by atoms with E-state index in [1.165, 1.54) is 65.2 Å². The van der Waals surface area contributed by atoms with Gasteiger partial charge in [0.15, 0.2) is 14.7 Å². The van der Waals surface area contributed by atoms with Crippen LogP contribution in [0.2, 0.25) is 0 Å². The van der Waals surface area contributed by atoms with Gasteiger partial charge >= 0.3 is 0 Å². The van der Waals surface area contributed by atoms with Crippen LogP contribution in [0.5, 0.6) is 0 Å². The van der Waals surface area contributed by atoms with Crippen molar-refractivity contribution in [3.63, 3.8) is 0 Å². The van der Waals surface area contributed by atoms with Crippen LogP contribution in [0.15, 0.2) is 99.6 Å².